The lowest BCUT2D eigenvalue weighted by Crippen LogP contribution is -1.86. The van der Waals surface area contributed by atoms with Crippen LogP contribution in [0, 0.1) is 11.3 Å². The van der Waals surface area contributed by atoms with E-state index in [9.17, 15) is 5.11 Å². The molecule has 2 rings (SSSR count). The molecule has 5 heteroatoms. The lowest BCUT2D eigenvalue weighted by atomic mass is 10.1. The van der Waals surface area contributed by atoms with Crippen LogP contribution in [0.5, 0.6) is 11.5 Å². The van der Waals surface area contributed by atoms with Gasteiger partial charge in [0.25, 0.3) is 0 Å². The van der Waals surface area contributed by atoms with Crippen LogP contribution < -0.4 is 4.74 Å². The van der Waals surface area contributed by atoms with Crippen molar-refractivity contribution < 1.29 is 14.4 Å². The molecule has 0 amide bonds. The Balaban J connectivity index is 2.53. The fourth-order valence-corrected chi connectivity index (χ4v) is 1.35. The predicted octanol–water partition coefficient (Wildman–Crippen LogP) is 1.93. The number of phenols is 1. The normalized spacial score (nSPS) is 9.75. The Morgan fingerprint density at radius 2 is 2.31 bits per heavy atom. The number of aromatic nitrogens is 1. The van der Waals surface area contributed by atoms with Crippen molar-refractivity contribution in [2.45, 2.75) is 0 Å². The van der Waals surface area contributed by atoms with Crippen molar-refractivity contribution in [1.82, 2.24) is 5.16 Å². The van der Waals surface area contributed by atoms with Crippen LogP contribution in [0.2, 0.25) is 0 Å². The smallest absolute Gasteiger partial charge is 0.161 e. The second-order valence-electron chi connectivity index (χ2n) is 3.08. The molecule has 0 fully saturated rings. The monoisotopic (exact) mass is 216 g/mol. The Hall–Kier alpha value is -2.48. The van der Waals surface area contributed by atoms with Crippen molar-refractivity contribution in [3.8, 4) is 28.8 Å². The Morgan fingerprint density at radius 3 is 3.00 bits per heavy atom. The lowest BCUT2D eigenvalue weighted by Gasteiger charge is -2.04. The topological polar surface area (TPSA) is 79.3 Å². The van der Waals surface area contributed by atoms with Gasteiger partial charge in [0.2, 0.25) is 0 Å². The number of aromatic hydroxyl groups is 1. The van der Waals surface area contributed by atoms with E-state index in [1.807, 2.05) is 6.07 Å². The van der Waals surface area contributed by atoms with E-state index in [-0.39, 0.29) is 5.75 Å². The Labute approximate surface area is 91.5 Å². The molecule has 1 N–H and O–H groups in total. The first-order valence-electron chi connectivity index (χ1n) is 4.48. The van der Waals surface area contributed by atoms with Gasteiger partial charge < -0.3 is 14.4 Å². The van der Waals surface area contributed by atoms with Crippen molar-refractivity contribution in [2.24, 2.45) is 0 Å². The minimum Gasteiger partial charge on any atom is -0.504 e. The van der Waals surface area contributed by atoms with Gasteiger partial charge in [0.15, 0.2) is 11.5 Å². The molecule has 0 saturated heterocycles. The Kier molecular flexibility index (Phi) is 2.48. The highest BCUT2D eigenvalue weighted by atomic mass is 16.5. The number of hydrogen-bond acceptors (Lipinski definition) is 5. The molecule has 5 nitrogen and oxygen atoms in total. The first-order chi connectivity index (χ1) is 7.76. The van der Waals surface area contributed by atoms with Crippen LogP contribution in [0.25, 0.3) is 11.3 Å². The van der Waals surface area contributed by atoms with E-state index in [2.05, 4.69) is 5.16 Å². The Morgan fingerprint density at radius 1 is 1.50 bits per heavy atom. The molecule has 1 aromatic heterocycles. The fraction of sp³-hybridized carbons (Fsp3) is 0.0909. The summed E-state index contributed by atoms with van der Waals surface area (Å²) in [6.45, 7) is 0. The van der Waals surface area contributed by atoms with E-state index in [0.29, 0.717) is 22.6 Å². The van der Waals surface area contributed by atoms with Gasteiger partial charge >= 0.3 is 0 Å². The zero-order valence-corrected chi connectivity index (χ0v) is 8.47. The van der Waals surface area contributed by atoms with Crippen LogP contribution in [0.3, 0.4) is 0 Å². The largest absolute Gasteiger partial charge is 0.504 e. The maximum atomic E-state index is 9.43. The molecule has 0 radical (unpaired) electrons. The molecule has 0 spiro atoms. The summed E-state index contributed by atoms with van der Waals surface area (Å²) < 4.78 is 9.68. The van der Waals surface area contributed by atoms with Crippen molar-refractivity contribution in [2.75, 3.05) is 7.11 Å². The number of phenolic OH excluding ortho intramolecular Hbond substituents is 1. The summed E-state index contributed by atoms with van der Waals surface area (Å²) in [6.07, 6.45) is 1.27. The van der Waals surface area contributed by atoms with Gasteiger partial charge in [0.05, 0.1) is 7.11 Å². The lowest BCUT2D eigenvalue weighted by molar-refractivity contribution is 0.373. The van der Waals surface area contributed by atoms with Crippen molar-refractivity contribution in [3.63, 3.8) is 0 Å². The zero-order valence-electron chi connectivity index (χ0n) is 8.47. The molecular weight excluding hydrogens is 208 g/mol. The molecule has 80 valence electrons. The van der Waals surface area contributed by atoms with Gasteiger partial charge in [-0.2, -0.15) is 5.26 Å². The quantitative estimate of drug-likeness (QED) is 0.829. The van der Waals surface area contributed by atoms with Crippen molar-refractivity contribution in [3.05, 3.63) is 30.0 Å². The van der Waals surface area contributed by atoms with Crippen LogP contribution in [0.1, 0.15) is 5.56 Å². The molecule has 0 atom stereocenters. The minimum absolute atomic E-state index is 0.0354. The molecule has 0 aliphatic carbocycles. The third kappa shape index (κ3) is 1.57. The maximum Gasteiger partial charge on any atom is 0.161 e. The number of nitriles is 1. The third-order valence-electron chi connectivity index (χ3n) is 2.14. The molecule has 0 bridgehead atoms. The van der Waals surface area contributed by atoms with Crippen LogP contribution in [0.15, 0.2) is 29.0 Å². The van der Waals surface area contributed by atoms with E-state index in [1.54, 1.807) is 12.1 Å². The van der Waals surface area contributed by atoms with Gasteiger partial charge in [-0.1, -0.05) is 5.16 Å². The van der Waals surface area contributed by atoms with E-state index in [4.69, 9.17) is 14.5 Å². The second kappa shape index (κ2) is 3.95. The number of methoxy groups -OCH3 is 1. The predicted molar refractivity (Wildman–Crippen MR) is 54.9 cm³/mol. The molecule has 0 aliphatic rings. The molecule has 0 unspecified atom stereocenters. The highest BCUT2D eigenvalue weighted by molar-refractivity contribution is 5.68. The summed E-state index contributed by atoms with van der Waals surface area (Å²) in [4.78, 5) is 0. The van der Waals surface area contributed by atoms with Crippen molar-refractivity contribution in [1.29, 1.82) is 5.26 Å². The summed E-state index contributed by atoms with van der Waals surface area (Å²) in [6, 6.07) is 6.67. The molecule has 0 saturated carbocycles. The van der Waals surface area contributed by atoms with Crippen LogP contribution in [-0.4, -0.2) is 17.4 Å². The second-order valence-corrected chi connectivity index (χ2v) is 3.08. The van der Waals surface area contributed by atoms with Gasteiger partial charge in [-0.3, -0.25) is 0 Å². The SMILES string of the molecule is COc1cc(-c2nocc2C#N)ccc1O. The summed E-state index contributed by atoms with van der Waals surface area (Å²) in [7, 11) is 1.45. The highest BCUT2D eigenvalue weighted by Crippen LogP contribution is 2.31. The van der Waals surface area contributed by atoms with Gasteiger partial charge in [0, 0.05) is 5.56 Å². The van der Waals surface area contributed by atoms with Gasteiger partial charge in [-0.05, 0) is 18.2 Å². The van der Waals surface area contributed by atoms with Crippen LogP contribution in [-0.2, 0) is 0 Å². The molecule has 16 heavy (non-hydrogen) atoms. The summed E-state index contributed by atoms with van der Waals surface area (Å²) in [5.74, 6) is 0.359. The number of nitrogens with zero attached hydrogens (tertiary/aromatic N) is 2. The molecule has 2 aromatic rings. The third-order valence-corrected chi connectivity index (χ3v) is 2.14. The average Bonchev–Trinajstić information content (AvgIpc) is 2.78. The first kappa shape index (κ1) is 10.1. The zero-order chi connectivity index (χ0) is 11.5. The van der Waals surface area contributed by atoms with Crippen LogP contribution in [0.4, 0.5) is 0 Å². The molecule has 0 aliphatic heterocycles. The Bertz CT molecular complexity index is 555. The molecule has 1 aromatic carbocycles. The van der Waals surface area contributed by atoms with Gasteiger partial charge in [0.1, 0.15) is 23.6 Å². The van der Waals surface area contributed by atoms with E-state index in [1.165, 1.54) is 19.4 Å². The summed E-state index contributed by atoms with van der Waals surface area (Å²) in [5.41, 5.74) is 1.42. The first-order valence-corrected chi connectivity index (χ1v) is 4.48. The maximum absolute atomic E-state index is 9.43. The van der Waals surface area contributed by atoms with Gasteiger partial charge in [-0.15, -0.1) is 0 Å². The van der Waals surface area contributed by atoms with E-state index in [0.717, 1.165) is 0 Å². The molecule has 1 heterocycles. The van der Waals surface area contributed by atoms with Crippen LogP contribution >= 0.6 is 0 Å². The summed E-state index contributed by atoms with van der Waals surface area (Å²) in [5, 5.41) is 22.0. The summed E-state index contributed by atoms with van der Waals surface area (Å²) >= 11 is 0. The van der Waals surface area contributed by atoms with Gasteiger partial charge in [-0.25, -0.2) is 0 Å². The molecular formula is C11H8N2O3. The highest BCUT2D eigenvalue weighted by Gasteiger charge is 2.12. The number of benzene rings is 1. The number of rotatable bonds is 2. The number of hydrogen-bond donors (Lipinski definition) is 1. The fourth-order valence-electron chi connectivity index (χ4n) is 1.35. The van der Waals surface area contributed by atoms with Crippen molar-refractivity contribution >= 4 is 0 Å². The number of ether oxygens (including phenoxy) is 1. The van der Waals surface area contributed by atoms with E-state index < -0.39 is 0 Å². The standard InChI is InChI=1S/C11H8N2O3/c1-15-10-4-7(2-3-9(10)14)11-8(5-12)6-16-13-11/h2-4,6,14H,1H3. The minimum atomic E-state index is 0.0354. The average molecular weight is 216 g/mol. The van der Waals surface area contributed by atoms with E-state index >= 15 is 0 Å².